The number of nitrogens with one attached hydrogen (secondary N) is 1. The van der Waals surface area contributed by atoms with Gasteiger partial charge in [0.05, 0.1) is 30.4 Å². The van der Waals surface area contributed by atoms with Crippen LogP contribution in [0.5, 0.6) is 5.75 Å². The summed E-state index contributed by atoms with van der Waals surface area (Å²) in [6.07, 6.45) is 3.73. The maximum atomic E-state index is 11.3. The van der Waals surface area contributed by atoms with Crippen molar-refractivity contribution in [3.63, 3.8) is 0 Å². The van der Waals surface area contributed by atoms with E-state index in [1.807, 2.05) is 24.3 Å². The molecule has 1 aliphatic heterocycles. The lowest BCUT2D eigenvalue weighted by atomic mass is 9.88. The molecule has 0 unspecified atom stereocenters. The van der Waals surface area contributed by atoms with E-state index in [0.717, 1.165) is 36.8 Å². The summed E-state index contributed by atoms with van der Waals surface area (Å²) in [4.78, 5) is 0.510. The Labute approximate surface area is 175 Å². The van der Waals surface area contributed by atoms with Crippen LogP contribution in [0.2, 0.25) is 0 Å². The van der Waals surface area contributed by atoms with Gasteiger partial charge in [0.2, 0.25) is 0 Å². The van der Waals surface area contributed by atoms with Crippen molar-refractivity contribution in [2.24, 2.45) is 0 Å². The van der Waals surface area contributed by atoms with Gasteiger partial charge in [0, 0.05) is 16.7 Å². The third-order valence-corrected chi connectivity index (χ3v) is 8.01. The Balaban J connectivity index is 2.24. The second-order valence-electron chi connectivity index (χ2n) is 7.90. The summed E-state index contributed by atoms with van der Waals surface area (Å²) in [7, 11) is -1.49. The average molecular weight is 420 g/mol. The molecular formula is C23H33NO4S. The van der Waals surface area contributed by atoms with Crippen LogP contribution in [-0.2, 0) is 6.61 Å². The second kappa shape index (κ2) is 9.06. The highest BCUT2D eigenvalue weighted by Gasteiger charge is 2.42. The number of fused-ring (bicyclic) bond motifs is 1. The third-order valence-electron chi connectivity index (χ3n) is 5.99. The van der Waals surface area contributed by atoms with Crippen LogP contribution in [0.15, 0.2) is 47.4 Å². The zero-order chi connectivity index (χ0) is 21.1. The predicted octanol–water partition coefficient (Wildman–Crippen LogP) is 5.33. The molecule has 4 N–H and O–H groups in total. The number of ether oxygens (including phenoxy) is 1. The third kappa shape index (κ3) is 4.47. The van der Waals surface area contributed by atoms with Crippen LogP contribution in [0.1, 0.15) is 62.3 Å². The van der Waals surface area contributed by atoms with Crippen molar-refractivity contribution < 1.29 is 18.9 Å². The van der Waals surface area contributed by atoms with E-state index < -0.39 is 10.6 Å². The van der Waals surface area contributed by atoms with Crippen molar-refractivity contribution in [3.8, 4) is 5.75 Å². The largest absolute Gasteiger partial charge is 0.496 e. The average Bonchev–Trinajstić information content (AvgIpc) is 2.84. The highest BCUT2D eigenvalue weighted by atomic mass is 32.3. The lowest BCUT2D eigenvalue weighted by Crippen LogP contribution is -2.49. The minimum atomic E-state index is -3.06. The fourth-order valence-electron chi connectivity index (χ4n) is 4.28. The molecule has 0 aromatic heterocycles. The van der Waals surface area contributed by atoms with Crippen molar-refractivity contribution in [2.75, 3.05) is 12.9 Å². The number of methoxy groups -OCH3 is 1. The van der Waals surface area contributed by atoms with Crippen LogP contribution in [0.25, 0.3) is 0 Å². The molecule has 0 aliphatic carbocycles. The first-order chi connectivity index (χ1) is 13.9. The Bertz CT molecular complexity index is 827. The molecule has 160 valence electrons. The molecule has 2 aromatic rings. The van der Waals surface area contributed by atoms with Crippen molar-refractivity contribution >= 4 is 10.6 Å². The summed E-state index contributed by atoms with van der Waals surface area (Å²) in [5.41, 5.74) is 2.05. The molecule has 3 rings (SSSR count). The van der Waals surface area contributed by atoms with Gasteiger partial charge in [-0.3, -0.25) is 14.4 Å². The number of benzene rings is 2. The Morgan fingerprint density at radius 2 is 1.90 bits per heavy atom. The number of aliphatic hydroxyl groups excluding tert-OH is 1. The normalized spacial score (nSPS) is 24.4. The smallest absolute Gasteiger partial charge is 0.124 e. The summed E-state index contributed by atoms with van der Waals surface area (Å²) >= 11 is 0. The van der Waals surface area contributed by atoms with Crippen molar-refractivity contribution in [3.05, 3.63) is 59.2 Å². The summed E-state index contributed by atoms with van der Waals surface area (Å²) in [6, 6.07) is 13.5. The number of hydrogen-bond donors (Lipinski definition) is 4. The molecule has 0 saturated carbocycles. The molecule has 1 aliphatic rings. The van der Waals surface area contributed by atoms with Gasteiger partial charge in [-0.25, -0.2) is 0 Å². The van der Waals surface area contributed by atoms with Crippen LogP contribution in [0.4, 0.5) is 0 Å². The number of rotatable bonds is 7. The monoisotopic (exact) mass is 419 g/mol. The van der Waals surface area contributed by atoms with E-state index in [0.29, 0.717) is 16.2 Å². The Morgan fingerprint density at radius 3 is 2.48 bits per heavy atom. The maximum absolute atomic E-state index is 11.3. The second-order valence-corrected chi connectivity index (χ2v) is 9.96. The number of aliphatic hydroxyl groups is 1. The van der Waals surface area contributed by atoms with E-state index in [-0.39, 0.29) is 23.9 Å². The molecule has 2 aromatic carbocycles. The molecular weight excluding hydrogens is 386 g/mol. The summed E-state index contributed by atoms with van der Waals surface area (Å²) in [6.45, 7) is 4.04. The minimum absolute atomic E-state index is 0.196. The first kappa shape index (κ1) is 22.1. The molecule has 0 bridgehead atoms. The standard InChI is InChI=1S/C23H33NO4S/c1-4-6-12-23(5-2)16-29(26,27)21-13-18(15-25)20(28-3)14-19(21)22(24-23)17-10-8-7-9-11-17/h7-11,13-14,22,24-27H,4-6,12,15-16H2,1-3H3/t22-,23+/m0/s1. The Hall–Kier alpha value is -1.57. The highest BCUT2D eigenvalue weighted by Crippen LogP contribution is 2.57. The number of hydrogen-bond acceptors (Lipinski definition) is 5. The van der Waals surface area contributed by atoms with Crippen molar-refractivity contribution in [1.82, 2.24) is 5.32 Å². The van der Waals surface area contributed by atoms with E-state index in [4.69, 9.17) is 4.74 Å². The quantitative estimate of drug-likeness (QED) is 0.488. The van der Waals surface area contributed by atoms with Crippen molar-refractivity contribution in [1.29, 1.82) is 0 Å². The van der Waals surface area contributed by atoms with Crippen LogP contribution >= 0.6 is 10.6 Å². The van der Waals surface area contributed by atoms with Gasteiger partial charge in [0.15, 0.2) is 0 Å². The van der Waals surface area contributed by atoms with Gasteiger partial charge in [0.25, 0.3) is 0 Å². The fraction of sp³-hybridized carbons (Fsp3) is 0.478. The van der Waals surface area contributed by atoms with Gasteiger partial charge in [-0.05, 0) is 30.5 Å². The molecule has 0 amide bonds. The number of unbranched alkanes of at least 4 members (excludes halogenated alkanes) is 1. The van der Waals surface area contributed by atoms with E-state index in [1.165, 1.54) is 0 Å². The van der Waals surface area contributed by atoms with Gasteiger partial charge >= 0.3 is 0 Å². The van der Waals surface area contributed by atoms with Gasteiger partial charge in [-0.1, -0.05) is 57.0 Å². The summed E-state index contributed by atoms with van der Waals surface area (Å²) in [5, 5.41) is 13.6. The molecule has 0 radical (unpaired) electrons. The van der Waals surface area contributed by atoms with Crippen LogP contribution in [0, 0.1) is 0 Å². The molecule has 5 nitrogen and oxygen atoms in total. The zero-order valence-corrected chi connectivity index (χ0v) is 18.3. The highest BCUT2D eigenvalue weighted by molar-refractivity contribution is 8.24. The minimum Gasteiger partial charge on any atom is -0.496 e. The maximum Gasteiger partial charge on any atom is 0.124 e. The Kier molecular flexibility index (Phi) is 6.91. The lowest BCUT2D eigenvalue weighted by Gasteiger charge is -2.42. The molecule has 6 heteroatoms. The van der Waals surface area contributed by atoms with Crippen LogP contribution < -0.4 is 10.1 Å². The van der Waals surface area contributed by atoms with Gasteiger partial charge in [-0.2, -0.15) is 10.6 Å². The molecule has 0 spiro atoms. The molecule has 0 saturated heterocycles. The first-order valence-electron chi connectivity index (χ1n) is 10.3. The van der Waals surface area contributed by atoms with E-state index in [1.54, 1.807) is 13.2 Å². The van der Waals surface area contributed by atoms with Crippen molar-refractivity contribution in [2.45, 2.75) is 62.6 Å². The Morgan fingerprint density at radius 1 is 1.17 bits per heavy atom. The molecule has 1 heterocycles. The van der Waals surface area contributed by atoms with E-state index >= 15 is 0 Å². The van der Waals surface area contributed by atoms with Crippen LogP contribution in [0.3, 0.4) is 0 Å². The zero-order valence-electron chi connectivity index (χ0n) is 17.5. The summed E-state index contributed by atoms with van der Waals surface area (Å²) < 4.78 is 28.1. The van der Waals surface area contributed by atoms with Gasteiger partial charge in [0.1, 0.15) is 5.75 Å². The lowest BCUT2D eigenvalue weighted by molar-refractivity contribution is 0.273. The van der Waals surface area contributed by atoms with E-state index in [2.05, 4.69) is 31.3 Å². The fourth-order valence-corrected chi connectivity index (χ4v) is 6.52. The van der Waals surface area contributed by atoms with Gasteiger partial charge in [-0.15, -0.1) is 0 Å². The topological polar surface area (TPSA) is 82.0 Å². The van der Waals surface area contributed by atoms with Gasteiger partial charge < -0.3 is 9.84 Å². The van der Waals surface area contributed by atoms with Crippen LogP contribution in [-0.4, -0.2) is 32.6 Å². The van der Waals surface area contributed by atoms with E-state index in [9.17, 15) is 14.2 Å². The first-order valence-corrected chi connectivity index (χ1v) is 12.0. The molecule has 29 heavy (non-hydrogen) atoms. The predicted molar refractivity (Wildman–Crippen MR) is 119 cm³/mol. The SMILES string of the molecule is CCCC[C@]1(CC)CS(O)(O)c2cc(CO)c(OC)cc2[C@H](c2ccccc2)N1. The summed E-state index contributed by atoms with van der Waals surface area (Å²) in [5.74, 6) is 0.825. The molecule has 2 atom stereocenters. The molecule has 0 fully saturated rings.